The van der Waals surface area contributed by atoms with Crippen molar-refractivity contribution in [2.75, 3.05) is 27.9 Å². The van der Waals surface area contributed by atoms with Crippen LogP contribution in [0.25, 0.3) is 0 Å². The van der Waals surface area contributed by atoms with Gasteiger partial charge in [-0.1, -0.05) is 67.9 Å². The van der Waals surface area contributed by atoms with Crippen LogP contribution in [-0.4, -0.2) is 155 Å². The number of rotatable bonds is 10. The molecule has 0 spiro atoms. The monoisotopic (exact) mass is 840 g/mol. The Kier molecular flexibility index (Phi) is 20.1. The molecule has 0 saturated carbocycles. The first-order valence-corrected chi connectivity index (χ1v) is 20.6. The van der Waals surface area contributed by atoms with Crippen LogP contribution in [0.15, 0.2) is 58.7 Å². The van der Waals surface area contributed by atoms with Crippen molar-refractivity contribution in [1.29, 1.82) is 0 Å². The highest BCUT2D eigenvalue weighted by atomic mass is 16.7. The van der Waals surface area contributed by atoms with Gasteiger partial charge in [-0.05, 0) is 53.5 Å². The van der Waals surface area contributed by atoms with E-state index >= 15 is 0 Å². The number of cyclic esters (lactones) is 1. The van der Waals surface area contributed by atoms with Gasteiger partial charge in [-0.2, -0.15) is 0 Å². The summed E-state index contributed by atoms with van der Waals surface area (Å²) in [6, 6.07) is 0. The number of methoxy groups -OCH3 is 3. The fraction of sp³-hybridized carbons (Fsp3) is 0.750. The van der Waals surface area contributed by atoms with Gasteiger partial charge in [-0.15, -0.1) is 0 Å². The van der Waals surface area contributed by atoms with E-state index < -0.39 is 103 Å². The smallest absolute Gasteiger partial charge is 0.334 e. The summed E-state index contributed by atoms with van der Waals surface area (Å²) in [6.07, 6.45) is -2.66. The molecule has 0 amide bonds. The largest absolute Gasteiger partial charge is 0.456 e. The summed E-state index contributed by atoms with van der Waals surface area (Å²) in [7, 11) is 4.25. The first-order chi connectivity index (χ1) is 27.7. The normalized spacial score (nSPS) is 43.9. The molecular weight excluding hydrogens is 768 g/mol. The first-order valence-electron chi connectivity index (χ1n) is 20.6. The lowest BCUT2D eigenvalue weighted by Crippen LogP contribution is -2.65. The number of carbonyl (C=O) groups is 1. The highest BCUT2D eigenvalue weighted by molar-refractivity contribution is 5.88. The summed E-state index contributed by atoms with van der Waals surface area (Å²) in [4.78, 5) is 13.8. The molecule has 0 aromatic carbocycles. The Bertz CT molecular complexity index is 1490. The molecule has 3 rings (SSSR count). The van der Waals surface area contributed by atoms with Crippen LogP contribution in [-0.2, 0) is 38.0 Å². The Labute approximate surface area is 349 Å². The number of esters is 1. The molecule has 0 radical (unpaired) electrons. The van der Waals surface area contributed by atoms with Crippen molar-refractivity contribution in [2.24, 2.45) is 17.8 Å². The van der Waals surface area contributed by atoms with E-state index in [1.165, 1.54) is 28.3 Å². The van der Waals surface area contributed by atoms with Crippen LogP contribution in [0.1, 0.15) is 81.1 Å². The van der Waals surface area contributed by atoms with Crippen molar-refractivity contribution in [1.82, 2.24) is 0 Å². The average Bonchev–Trinajstić information content (AvgIpc) is 3.17. The Morgan fingerprint density at radius 3 is 2.20 bits per heavy atom. The minimum atomic E-state index is -2.43. The molecule has 3 aliphatic rings. The average molecular weight is 841 g/mol. The van der Waals surface area contributed by atoms with E-state index in [1.54, 1.807) is 33.8 Å². The third kappa shape index (κ3) is 13.6. The molecule has 0 aromatic rings. The van der Waals surface area contributed by atoms with E-state index in [2.05, 4.69) is 0 Å². The fourth-order valence-corrected chi connectivity index (χ4v) is 8.17. The predicted molar refractivity (Wildman–Crippen MR) is 219 cm³/mol. The quantitative estimate of drug-likeness (QED) is 0.157. The zero-order valence-electron chi connectivity index (χ0n) is 36.6. The summed E-state index contributed by atoms with van der Waals surface area (Å²) in [5.74, 6) is -5.10. The van der Waals surface area contributed by atoms with Crippen LogP contribution < -0.4 is 0 Å². The third-order valence-corrected chi connectivity index (χ3v) is 11.8. The molecule has 17 atom stereocenters. The maximum atomic E-state index is 13.8. The van der Waals surface area contributed by atoms with Crippen molar-refractivity contribution in [3.8, 4) is 0 Å². The Balaban J connectivity index is 2.01. The summed E-state index contributed by atoms with van der Waals surface area (Å²) >= 11 is 0. The van der Waals surface area contributed by atoms with Gasteiger partial charge in [-0.25, -0.2) is 4.79 Å². The topological polar surface area (TPSA) is 223 Å². The molecule has 0 aromatic heterocycles. The number of allylic oxidation sites excluding steroid dienone is 7. The van der Waals surface area contributed by atoms with Crippen molar-refractivity contribution in [3.63, 3.8) is 0 Å². The van der Waals surface area contributed by atoms with Crippen molar-refractivity contribution >= 4 is 5.97 Å². The second kappa shape index (κ2) is 23.2. The lowest BCUT2D eigenvalue weighted by atomic mass is 9.76. The Morgan fingerprint density at radius 1 is 0.898 bits per heavy atom. The molecule has 0 aliphatic carbocycles. The van der Waals surface area contributed by atoms with E-state index in [-0.39, 0.29) is 37.4 Å². The molecule has 0 unspecified atom stereocenters. The molecule has 0 bridgehead atoms. The molecule has 15 nitrogen and oxygen atoms in total. The van der Waals surface area contributed by atoms with E-state index in [1.807, 2.05) is 51.2 Å². The molecule has 3 heterocycles. The van der Waals surface area contributed by atoms with Crippen LogP contribution >= 0.6 is 0 Å². The lowest BCUT2D eigenvalue weighted by molar-refractivity contribution is -0.362. The maximum absolute atomic E-state index is 13.8. The predicted octanol–water partition coefficient (Wildman–Crippen LogP) is 2.78. The van der Waals surface area contributed by atoms with E-state index in [0.29, 0.717) is 12.0 Å². The number of carbonyl (C=O) groups excluding carboxylic acids is 1. The van der Waals surface area contributed by atoms with Crippen LogP contribution in [0.4, 0.5) is 0 Å². The van der Waals surface area contributed by atoms with Crippen molar-refractivity contribution in [3.05, 3.63) is 58.7 Å². The lowest BCUT2D eigenvalue weighted by Gasteiger charge is -2.51. The van der Waals surface area contributed by atoms with Gasteiger partial charge in [0, 0.05) is 57.5 Å². The molecule has 338 valence electrons. The fourth-order valence-electron chi connectivity index (χ4n) is 8.17. The van der Waals surface area contributed by atoms with Gasteiger partial charge in [0.2, 0.25) is 5.79 Å². The van der Waals surface area contributed by atoms with Gasteiger partial charge in [-0.3, -0.25) is 0 Å². The SMILES string of the molecule is COC[C@H](O)C[C@H]1O[C@@](O)([C@@H](O)[C@@H]2C[C@H](OC)[C@@H](O)CC/C=C(C)/C=C/[C@@H](O[C@@H]3O[C@@H](C)[C@H](OC)[C@@H](O)[C@@H]3O)[C@H](C)/C=C(C)/C=C(C)/C=C(\C)C(=O)O2)[C@H](C)[C@@H](O)[C@H]1C. The number of hydrogen-bond donors (Lipinski definition) is 7. The van der Waals surface area contributed by atoms with Gasteiger partial charge >= 0.3 is 5.97 Å². The summed E-state index contributed by atoms with van der Waals surface area (Å²) in [5.41, 5.74) is 2.55. The summed E-state index contributed by atoms with van der Waals surface area (Å²) < 4.78 is 40.4. The van der Waals surface area contributed by atoms with Crippen LogP contribution in [0, 0.1) is 17.8 Å². The van der Waals surface area contributed by atoms with Crippen LogP contribution in [0.3, 0.4) is 0 Å². The highest BCUT2D eigenvalue weighted by Crippen LogP contribution is 2.41. The molecule has 2 fully saturated rings. The van der Waals surface area contributed by atoms with Gasteiger partial charge < -0.3 is 68.9 Å². The number of hydrogen-bond acceptors (Lipinski definition) is 15. The van der Waals surface area contributed by atoms with Gasteiger partial charge in [0.15, 0.2) is 6.29 Å². The van der Waals surface area contributed by atoms with Crippen molar-refractivity contribution < 1.29 is 73.7 Å². The Morgan fingerprint density at radius 2 is 1.58 bits per heavy atom. The summed E-state index contributed by atoms with van der Waals surface area (Å²) in [6.45, 7) is 14.0. The molecule has 7 N–H and O–H groups in total. The number of aliphatic hydroxyl groups excluding tert-OH is 6. The first kappa shape index (κ1) is 51.0. The Hall–Kier alpha value is -2.35. The minimum absolute atomic E-state index is 0.00961. The van der Waals surface area contributed by atoms with Gasteiger partial charge in [0.25, 0.3) is 0 Å². The highest BCUT2D eigenvalue weighted by Gasteiger charge is 2.57. The maximum Gasteiger partial charge on any atom is 0.334 e. The number of aliphatic hydroxyl groups is 7. The minimum Gasteiger partial charge on any atom is -0.456 e. The summed E-state index contributed by atoms with van der Waals surface area (Å²) in [5, 5.41) is 78.7. The molecule has 15 heteroatoms. The van der Waals surface area contributed by atoms with E-state index in [0.717, 1.165) is 11.1 Å². The third-order valence-electron chi connectivity index (χ3n) is 11.8. The van der Waals surface area contributed by atoms with E-state index in [4.69, 9.17) is 33.2 Å². The zero-order chi connectivity index (χ0) is 44.4. The zero-order valence-corrected chi connectivity index (χ0v) is 36.6. The van der Waals surface area contributed by atoms with Crippen molar-refractivity contribution in [2.45, 2.75) is 166 Å². The van der Waals surface area contributed by atoms with Crippen LogP contribution in [0.5, 0.6) is 0 Å². The molecule has 3 aliphatic heterocycles. The molecule has 2 saturated heterocycles. The van der Waals surface area contributed by atoms with E-state index in [9.17, 15) is 40.5 Å². The molecular formula is C44H72O15. The standard InChI is InChI=1S/C44H72O15/c1-23-13-12-14-32(46)35(54-10)21-36(41(50)44(52)29(7)37(47)28(6)34(59-44)20-31(45)22-53-9)57-42(51)27(5)19-25(3)17-24(2)18-26(4)33(16-15-23)58-43-39(49)38(48)40(55-11)30(8)56-43/h13,15-19,26,28-41,43,45-50,52H,12,14,20-22H2,1-11H3/b16-15+,23-13+,24-18+,25-17+,27-19+/t26-,28+,29-,30+,31-,32+,33-,34-,35+,36+,37+,38+,39+,40+,41+,43+,44-/m1/s1. The molecule has 59 heavy (non-hydrogen) atoms. The number of ether oxygens (including phenoxy) is 7. The van der Waals surface area contributed by atoms with Gasteiger partial charge in [0.1, 0.15) is 30.5 Å². The second-order valence-electron chi connectivity index (χ2n) is 16.7. The van der Waals surface area contributed by atoms with Crippen LogP contribution in [0.2, 0.25) is 0 Å². The van der Waals surface area contributed by atoms with Gasteiger partial charge in [0.05, 0.1) is 49.3 Å². The second-order valence-corrected chi connectivity index (χ2v) is 16.7.